The van der Waals surface area contributed by atoms with Crippen LogP contribution in [-0.2, 0) is 6.54 Å². The number of carboxylic acids is 1. The van der Waals surface area contributed by atoms with Crippen LogP contribution in [0.1, 0.15) is 35.3 Å². The molecule has 1 fully saturated rings. The van der Waals surface area contributed by atoms with Gasteiger partial charge in [0.05, 0.1) is 5.56 Å². The Hall–Kier alpha value is -2.56. The van der Waals surface area contributed by atoms with Gasteiger partial charge in [-0.25, -0.2) is 4.79 Å². The minimum absolute atomic E-state index is 0.210. The molecule has 0 atom stereocenters. The molecule has 0 spiro atoms. The summed E-state index contributed by atoms with van der Waals surface area (Å²) in [5.41, 5.74) is 4.83. The van der Waals surface area contributed by atoms with E-state index in [4.69, 9.17) is 16.7 Å². The molecular weight excluding hydrogens is 360 g/mol. The number of likely N-dealkylation sites (tertiary alicyclic amines) is 1. The summed E-state index contributed by atoms with van der Waals surface area (Å²) in [6, 6.07) is 13.4. The van der Waals surface area contributed by atoms with Gasteiger partial charge in [0.15, 0.2) is 0 Å². The van der Waals surface area contributed by atoms with Crippen molar-refractivity contribution in [1.29, 1.82) is 0 Å². The van der Waals surface area contributed by atoms with Crippen molar-refractivity contribution in [3.05, 3.63) is 75.9 Å². The second-order valence-electron chi connectivity index (χ2n) is 6.39. The number of benzene rings is 2. The van der Waals surface area contributed by atoms with Crippen LogP contribution >= 0.6 is 11.6 Å². The number of fused-ring (bicyclic) bond motifs is 1. The maximum absolute atomic E-state index is 11.0. The van der Waals surface area contributed by atoms with E-state index >= 15 is 0 Å². The number of nitrogens with zero attached hydrogens (tertiary/aromatic N) is 1. The van der Waals surface area contributed by atoms with Crippen molar-refractivity contribution in [2.45, 2.75) is 20.4 Å². The number of carboxylic acid groups (broad SMARTS) is 1. The quantitative estimate of drug-likeness (QED) is 0.631. The van der Waals surface area contributed by atoms with Gasteiger partial charge in [0, 0.05) is 36.4 Å². The third-order valence-electron chi connectivity index (χ3n) is 4.49. The van der Waals surface area contributed by atoms with Crippen LogP contribution in [0.2, 0.25) is 5.02 Å². The number of aromatic nitrogens is 1. The molecule has 0 unspecified atom stereocenters. The van der Waals surface area contributed by atoms with Gasteiger partial charge in [0.1, 0.15) is 0 Å². The van der Waals surface area contributed by atoms with Crippen LogP contribution in [0.15, 0.2) is 54.2 Å². The minimum Gasteiger partial charge on any atom is -0.478 e. The van der Waals surface area contributed by atoms with Crippen molar-refractivity contribution in [2.24, 2.45) is 0 Å². The highest BCUT2D eigenvalue weighted by molar-refractivity contribution is 6.32. The molecule has 0 amide bonds. The molecule has 4 nitrogen and oxygen atoms in total. The van der Waals surface area contributed by atoms with Crippen molar-refractivity contribution < 1.29 is 9.90 Å². The number of carbonyl (C=O) groups is 1. The summed E-state index contributed by atoms with van der Waals surface area (Å²) in [7, 11) is 0. The van der Waals surface area contributed by atoms with Crippen molar-refractivity contribution in [2.75, 3.05) is 13.1 Å². The first-order valence-electron chi connectivity index (χ1n) is 9.09. The number of aromatic carboxylic acids is 1. The first-order valence-corrected chi connectivity index (χ1v) is 9.47. The van der Waals surface area contributed by atoms with E-state index in [0.29, 0.717) is 5.02 Å². The molecule has 0 aliphatic carbocycles. The first kappa shape index (κ1) is 19.2. The molecule has 27 heavy (non-hydrogen) atoms. The number of nitrogens with one attached hydrogen (secondary N) is 1. The van der Waals surface area contributed by atoms with E-state index in [9.17, 15) is 4.79 Å². The van der Waals surface area contributed by atoms with Gasteiger partial charge < -0.3 is 10.1 Å². The molecule has 0 bridgehead atoms. The minimum atomic E-state index is -0.963. The molecule has 140 valence electrons. The topological polar surface area (TPSA) is 56.3 Å². The smallest absolute Gasteiger partial charge is 0.335 e. The highest BCUT2D eigenvalue weighted by atomic mass is 35.5. The molecule has 1 aliphatic rings. The molecule has 5 heteroatoms. The summed E-state index contributed by atoms with van der Waals surface area (Å²) in [4.78, 5) is 16.6. The Balaban J connectivity index is 0.00000102. The van der Waals surface area contributed by atoms with Crippen molar-refractivity contribution in [3.8, 4) is 0 Å². The number of halogens is 1. The highest BCUT2D eigenvalue weighted by Crippen LogP contribution is 2.26. The van der Waals surface area contributed by atoms with E-state index < -0.39 is 5.97 Å². The molecule has 2 heterocycles. The Morgan fingerprint density at radius 1 is 1.19 bits per heavy atom. The molecule has 2 N–H and O–H groups in total. The second-order valence-corrected chi connectivity index (χ2v) is 6.80. The molecule has 4 rings (SSSR count). The largest absolute Gasteiger partial charge is 0.478 e. The fraction of sp³-hybridized carbons (Fsp3) is 0.227. The summed E-state index contributed by atoms with van der Waals surface area (Å²) in [6.07, 6.45) is 4.01. The highest BCUT2D eigenvalue weighted by Gasteiger charge is 2.20. The predicted molar refractivity (Wildman–Crippen MR) is 111 cm³/mol. The fourth-order valence-corrected chi connectivity index (χ4v) is 3.41. The molecule has 3 aromatic rings. The third kappa shape index (κ3) is 4.41. The lowest BCUT2D eigenvalue weighted by atomic mass is 10.0. The van der Waals surface area contributed by atoms with Gasteiger partial charge in [-0.1, -0.05) is 49.7 Å². The number of aromatic amines is 1. The Bertz CT molecular complexity index is 983. The van der Waals surface area contributed by atoms with E-state index in [-0.39, 0.29) is 5.56 Å². The van der Waals surface area contributed by atoms with Crippen LogP contribution in [-0.4, -0.2) is 34.0 Å². The maximum atomic E-state index is 11.0. The number of hydrogen-bond acceptors (Lipinski definition) is 2. The Labute approximate surface area is 164 Å². The average molecular weight is 383 g/mol. The number of rotatable bonds is 4. The molecule has 1 saturated heterocycles. The summed E-state index contributed by atoms with van der Waals surface area (Å²) >= 11 is 6.18. The predicted octanol–water partition coefficient (Wildman–Crippen LogP) is 5.44. The fourth-order valence-electron chi connectivity index (χ4n) is 3.18. The Kier molecular flexibility index (Phi) is 5.99. The zero-order valence-electron chi connectivity index (χ0n) is 15.5. The SMILES string of the molecule is CC.O=C(O)c1ccc(C=C2CN(Cc3ccc4cc[nH]c4c3)C2)c(Cl)c1. The molecule has 1 aromatic heterocycles. The summed E-state index contributed by atoms with van der Waals surface area (Å²) in [6.45, 7) is 6.72. The lowest BCUT2D eigenvalue weighted by Crippen LogP contribution is -2.39. The standard InChI is InChI=1S/C20H17ClN2O2.C2H6/c21-18-9-17(20(24)25)4-3-16(18)7-14-11-23(12-14)10-13-1-2-15-5-6-22-19(15)8-13;1-2/h1-9,22H,10-12H2,(H,24,25);1-2H3. The van der Waals surface area contributed by atoms with Crippen molar-refractivity contribution in [1.82, 2.24) is 9.88 Å². The van der Waals surface area contributed by atoms with E-state index in [2.05, 4.69) is 40.2 Å². The lowest BCUT2D eigenvalue weighted by Gasteiger charge is -2.34. The summed E-state index contributed by atoms with van der Waals surface area (Å²) in [5, 5.41) is 10.7. The van der Waals surface area contributed by atoms with Crippen LogP contribution in [0.5, 0.6) is 0 Å². The van der Waals surface area contributed by atoms with Gasteiger partial charge in [-0.05, 0) is 46.4 Å². The Morgan fingerprint density at radius 2 is 1.96 bits per heavy atom. The molecule has 2 aromatic carbocycles. The second kappa shape index (κ2) is 8.42. The first-order chi connectivity index (χ1) is 13.1. The van der Waals surface area contributed by atoms with Crippen LogP contribution in [0.3, 0.4) is 0 Å². The van der Waals surface area contributed by atoms with Gasteiger partial charge in [-0.15, -0.1) is 0 Å². The Morgan fingerprint density at radius 3 is 2.67 bits per heavy atom. The average Bonchev–Trinajstić information content (AvgIpc) is 3.10. The third-order valence-corrected chi connectivity index (χ3v) is 4.81. The van der Waals surface area contributed by atoms with Crippen LogP contribution in [0.25, 0.3) is 17.0 Å². The zero-order valence-corrected chi connectivity index (χ0v) is 16.3. The maximum Gasteiger partial charge on any atom is 0.335 e. The van der Waals surface area contributed by atoms with Gasteiger partial charge in [-0.3, -0.25) is 4.90 Å². The van der Waals surface area contributed by atoms with Crippen molar-refractivity contribution >= 4 is 34.5 Å². The number of H-pyrrole nitrogens is 1. The molecule has 1 aliphatic heterocycles. The molecule has 0 radical (unpaired) electrons. The van der Waals surface area contributed by atoms with E-state index in [1.807, 2.05) is 20.0 Å². The van der Waals surface area contributed by atoms with E-state index in [1.165, 1.54) is 28.1 Å². The zero-order chi connectivity index (χ0) is 19.4. The normalized spacial score (nSPS) is 13.7. The monoisotopic (exact) mass is 382 g/mol. The van der Waals surface area contributed by atoms with Crippen LogP contribution in [0.4, 0.5) is 0 Å². The molecule has 0 saturated carbocycles. The lowest BCUT2D eigenvalue weighted by molar-refractivity contribution is 0.0697. The van der Waals surface area contributed by atoms with Crippen LogP contribution in [0, 0.1) is 0 Å². The van der Waals surface area contributed by atoms with Gasteiger partial charge in [-0.2, -0.15) is 0 Å². The summed E-state index contributed by atoms with van der Waals surface area (Å²) in [5.74, 6) is -0.963. The summed E-state index contributed by atoms with van der Waals surface area (Å²) < 4.78 is 0. The van der Waals surface area contributed by atoms with E-state index in [0.717, 1.165) is 25.2 Å². The van der Waals surface area contributed by atoms with Crippen molar-refractivity contribution in [3.63, 3.8) is 0 Å². The van der Waals surface area contributed by atoms with E-state index in [1.54, 1.807) is 12.1 Å². The van der Waals surface area contributed by atoms with Gasteiger partial charge in [0.2, 0.25) is 0 Å². The van der Waals surface area contributed by atoms with Gasteiger partial charge >= 0.3 is 5.97 Å². The number of hydrogen-bond donors (Lipinski definition) is 2. The van der Waals surface area contributed by atoms with Gasteiger partial charge in [0.25, 0.3) is 0 Å². The van der Waals surface area contributed by atoms with Crippen LogP contribution < -0.4 is 0 Å². The molecular formula is C22H23ClN2O2.